The molecule has 176 valence electrons. The predicted octanol–water partition coefficient (Wildman–Crippen LogP) is 5.34. The molecule has 3 heterocycles. The molecule has 4 aromatic rings. The molecule has 7 nitrogen and oxygen atoms in total. The second-order valence-electron chi connectivity index (χ2n) is 8.77. The van der Waals surface area contributed by atoms with Gasteiger partial charge in [-0.1, -0.05) is 26.0 Å². The lowest BCUT2D eigenvalue weighted by atomic mass is 9.94. The van der Waals surface area contributed by atoms with Gasteiger partial charge in [0.15, 0.2) is 5.13 Å². The van der Waals surface area contributed by atoms with Crippen LogP contribution in [-0.2, 0) is 10.0 Å². The average molecular weight is 513 g/mol. The molecule has 1 aliphatic heterocycles. The number of carbonyl (C=O) groups excluding carboxylic acids is 1. The molecular formula is C24H24N4O3S3. The number of hydrogen-bond acceptors (Lipinski definition) is 7. The van der Waals surface area contributed by atoms with Crippen molar-refractivity contribution in [2.45, 2.75) is 25.2 Å². The number of piperidine rings is 1. The minimum absolute atomic E-state index is 0.206. The van der Waals surface area contributed by atoms with Crippen LogP contribution in [0, 0.1) is 11.8 Å². The molecule has 1 fully saturated rings. The number of nitrogens with zero attached hydrogens (tertiary/aromatic N) is 3. The summed E-state index contributed by atoms with van der Waals surface area (Å²) in [7, 11) is -3.58. The maximum Gasteiger partial charge on any atom is 0.257 e. The quantitative estimate of drug-likeness (QED) is 0.390. The molecule has 2 atom stereocenters. The van der Waals surface area contributed by atoms with E-state index in [2.05, 4.69) is 29.1 Å². The van der Waals surface area contributed by atoms with E-state index >= 15 is 0 Å². The normalized spacial score (nSPS) is 19.4. The lowest BCUT2D eigenvalue weighted by Gasteiger charge is -2.34. The Balaban J connectivity index is 1.28. The number of carbonyl (C=O) groups is 1. The Morgan fingerprint density at radius 1 is 1.03 bits per heavy atom. The highest BCUT2D eigenvalue weighted by Gasteiger charge is 2.31. The number of fused-ring (bicyclic) bond motifs is 1. The van der Waals surface area contributed by atoms with E-state index in [0.717, 1.165) is 21.6 Å². The largest absolute Gasteiger partial charge is 0.298 e. The number of rotatable bonds is 5. The zero-order valence-electron chi connectivity index (χ0n) is 18.8. The Bertz CT molecular complexity index is 1400. The highest BCUT2D eigenvalue weighted by atomic mass is 32.2. The Hall–Kier alpha value is -2.66. The lowest BCUT2D eigenvalue weighted by molar-refractivity contribution is 0.102. The van der Waals surface area contributed by atoms with Crippen LogP contribution in [-0.4, -0.2) is 41.7 Å². The summed E-state index contributed by atoms with van der Waals surface area (Å²) in [5, 5.41) is 5.93. The van der Waals surface area contributed by atoms with Crippen LogP contribution in [0.15, 0.2) is 58.8 Å². The summed E-state index contributed by atoms with van der Waals surface area (Å²) in [6.07, 6.45) is 1.03. The van der Waals surface area contributed by atoms with Crippen molar-refractivity contribution in [3.8, 4) is 10.7 Å². The first kappa shape index (κ1) is 23.1. The number of sulfonamides is 1. The fourth-order valence-corrected chi connectivity index (χ4v) is 7.68. The van der Waals surface area contributed by atoms with Gasteiger partial charge in [-0.2, -0.15) is 4.31 Å². The fourth-order valence-electron chi connectivity index (χ4n) is 4.31. The van der Waals surface area contributed by atoms with Crippen LogP contribution >= 0.6 is 22.7 Å². The molecule has 1 amide bonds. The average Bonchev–Trinajstić information content (AvgIpc) is 3.45. The molecule has 1 saturated heterocycles. The van der Waals surface area contributed by atoms with Gasteiger partial charge in [-0.3, -0.25) is 10.1 Å². The topological polar surface area (TPSA) is 92.3 Å². The molecule has 0 unspecified atom stereocenters. The van der Waals surface area contributed by atoms with Crippen LogP contribution in [0.25, 0.3) is 20.9 Å². The van der Waals surface area contributed by atoms with E-state index in [-0.39, 0.29) is 10.8 Å². The van der Waals surface area contributed by atoms with Crippen LogP contribution < -0.4 is 5.32 Å². The fraction of sp³-hybridized carbons (Fsp3) is 0.292. The summed E-state index contributed by atoms with van der Waals surface area (Å²) < 4.78 is 28.8. The third-order valence-corrected chi connectivity index (χ3v) is 9.49. The second kappa shape index (κ2) is 9.18. The summed E-state index contributed by atoms with van der Waals surface area (Å²) in [6, 6.07) is 14.0. The third-order valence-electron chi connectivity index (χ3n) is 5.83. The van der Waals surface area contributed by atoms with Crippen LogP contribution in [0.3, 0.4) is 0 Å². The van der Waals surface area contributed by atoms with E-state index < -0.39 is 10.0 Å². The Labute approximate surface area is 206 Å². The highest BCUT2D eigenvalue weighted by molar-refractivity contribution is 7.89. The van der Waals surface area contributed by atoms with Crippen LogP contribution in [0.1, 0.15) is 30.6 Å². The van der Waals surface area contributed by atoms with E-state index in [1.807, 2.05) is 29.6 Å². The van der Waals surface area contributed by atoms with E-state index in [1.54, 1.807) is 27.8 Å². The van der Waals surface area contributed by atoms with Crippen LogP contribution in [0.2, 0.25) is 0 Å². The number of nitrogens with one attached hydrogen (secondary N) is 1. The first-order chi connectivity index (χ1) is 16.3. The number of hydrogen-bond donors (Lipinski definition) is 1. The van der Waals surface area contributed by atoms with Gasteiger partial charge in [0.1, 0.15) is 10.7 Å². The van der Waals surface area contributed by atoms with Crippen molar-refractivity contribution in [3.05, 3.63) is 59.5 Å². The molecule has 1 aliphatic rings. The van der Waals surface area contributed by atoms with Crippen molar-refractivity contribution < 1.29 is 13.2 Å². The van der Waals surface area contributed by atoms with Gasteiger partial charge >= 0.3 is 0 Å². The molecule has 0 bridgehead atoms. The number of benzene rings is 2. The van der Waals surface area contributed by atoms with Gasteiger partial charge in [0.2, 0.25) is 10.0 Å². The molecular weight excluding hydrogens is 488 g/mol. The van der Waals surface area contributed by atoms with Gasteiger partial charge in [0.25, 0.3) is 5.91 Å². The van der Waals surface area contributed by atoms with Crippen molar-refractivity contribution >= 4 is 54.0 Å². The first-order valence-electron chi connectivity index (χ1n) is 11.0. The minimum Gasteiger partial charge on any atom is -0.298 e. The standard InChI is InChI=1S/C24H24N4O3S3/c1-15-11-16(2)13-28(12-15)34(30,31)18-9-7-17(8-10-18)22(29)27-24-26-20(14-32-24)23-25-19-5-3-4-6-21(19)33-23/h3-10,14-16H,11-13H2,1-2H3,(H,26,27,29)/t15-,16-/m0/s1. The van der Waals surface area contributed by atoms with Crippen molar-refractivity contribution in [3.63, 3.8) is 0 Å². The first-order valence-corrected chi connectivity index (χ1v) is 14.2. The maximum atomic E-state index is 13.1. The second-order valence-corrected chi connectivity index (χ2v) is 12.6. The maximum absolute atomic E-state index is 13.1. The number of amides is 1. The summed E-state index contributed by atoms with van der Waals surface area (Å²) in [4.78, 5) is 22.0. The number of thiazole rings is 2. The predicted molar refractivity (Wildman–Crippen MR) is 137 cm³/mol. The zero-order chi connectivity index (χ0) is 23.9. The molecule has 5 rings (SSSR count). The van der Waals surface area contributed by atoms with E-state index in [9.17, 15) is 13.2 Å². The Kier molecular flexibility index (Phi) is 6.24. The monoisotopic (exact) mass is 512 g/mol. The van der Waals surface area contributed by atoms with Gasteiger partial charge in [0.05, 0.1) is 15.1 Å². The van der Waals surface area contributed by atoms with Gasteiger partial charge in [0, 0.05) is 24.0 Å². The van der Waals surface area contributed by atoms with Crippen LogP contribution in [0.5, 0.6) is 0 Å². The van der Waals surface area contributed by atoms with Crippen molar-refractivity contribution in [1.29, 1.82) is 0 Å². The van der Waals surface area contributed by atoms with Crippen LogP contribution in [0.4, 0.5) is 5.13 Å². The summed E-state index contributed by atoms with van der Waals surface area (Å²) in [5.74, 6) is 0.318. The molecule has 0 radical (unpaired) electrons. The van der Waals surface area contributed by atoms with E-state index in [0.29, 0.717) is 41.3 Å². The molecule has 34 heavy (non-hydrogen) atoms. The third kappa shape index (κ3) is 4.63. The number of anilines is 1. The SMILES string of the molecule is C[C@H]1C[C@H](C)CN(S(=O)(=O)c2ccc(C(=O)Nc3nc(-c4nc5ccccc5s4)cs3)cc2)C1. The van der Waals surface area contributed by atoms with Crippen molar-refractivity contribution in [2.24, 2.45) is 11.8 Å². The van der Waals surface area contributed by atoms with E-state index in [1.165, 1.54) is 23.5 Å². The molecule has 0 spiro atoms. The van der Waals surface area contributed by atoms with E-state index in [4.69, 9.17) is 0 Å². The van der Waals surface area contributed by atoms with Gasteiger partial charge < -0.3 is 0 Å². The molecule has 0 saturated carbocycles. The summed E-state index contributed by atoms with van der Waals surface area (Å²) in [5.41, 5.74) is 2.01. The number of para-hydroxylation sites is 1. The molecule has 0 aliphatic carbocycles. The summed E-state index contributed by atoms with van der Waals surface area (Å²) in [6.45, 7) is 5.20. The highest BCUT2D eigenvalue weighted by Crippen LogP contribution is 2.32. The van der Waals surface area contributed by atoms with Crippen molar-refractivity contribution in [2.75, 3.05) is 18.4 Å². The Morgan fingerprint density at radius 3 is 2.44 bits per heavy atom. The van der Waals surface area contributed by atoms with Crippen molar-refractivity contribution in [1.82, 2.24) is 14.3 Å². The molecule has 2 aromatic heterocycles. The molecule has 10 heteroatoms. The van der Waals surface area contributed by atoms with Gasteiger partial charge in [-0.25, -0.2) is 18.4 Å². The summed E-state index contributed by atoms with van der Waals surface area (Å²) >= 11 is 2.88. The van der Waals surface area contributed by atoms with Gasteiger partial charge in [-0.05, 0) is 54.7 Å². The zero-order valence-corrected chi connectivity index (χ0v) is 21.2. The smallest absolute Gasteiger partial charge is 0.257 e. The molecule has 2 aromatic carbocycles. The number of aromatic nitrogens is 2. The molecule has 1 N–H and O–H groups in total. The van der Waals surface area contributed by atoms with Gasteiger partial charge in [-0.15, -0.1) is 22.7 Å². The minimum atomic E-state index is -3.58. The lowest BCUT2D eigenvalue weighted by Crippen LogP contribution is -2.42. The Morgan fingerprint density at radius 2 is 1.74 bits per heavy atom.